The Morgan fingerprint density at radius 3 is 2.67 bits per heavy atom. The lowest BCUT2D eigenvalue weighted by Crippen LogP contribution is -2.17. The van der Waals surface area contributed by atoms with Crippen LogP contribution in [-0.2, 0) is 11.0 Å². The monoisotopic (exact) mass is 474 g/mol. The van der Waals surface area contributed by atoms with Crippen molar-refractivity contribution in [1.82, 2.24) is 35.0 Å². The molecule has 0 spiro atoms. The molecule has 1 amide bonds. The van der Waals surface area contributed by atoms with Crippen molar-refractivity contribution in [3.63, 3.8) is 0 Å². The van der Waals surface area contributed by atoms with E-state index in [4.69, 9.17) is 0 Å². The maximum Gasteiger partial charge on any atom is 0.416 e. The maximum atomic E-state index is 13.2. The van der Waals surface area contributed by atoms with Gasteiger partial charge in [-0.2, -0.15) is 23.0 Å². The van der Waals surface area contributed by atoms with Crippen molar-refractivity contribution in [2.75, 3.05) is 11.1 Å². The van der Waals surface area contributed by atoms with Crippen molar-refractivity contribution in [3.05, 3.63) is 65.7 Å². The van der Waals surface area contributed by atoms with Crippen LogP contribution in [0.25, 0.3) is 11.4 Å². The second kappa shape index (κ2) is 9.02. The van der Waals surface area contributed by atoms with Crippen LogP contribution in [-0.4, -0.2) is 46.6 Å². The van der Waals surface area contributed by atoms with E-state index in [1.807, 2.05) is 32.0 Å². The van der Waals surface area contributed by atoms with E-state index in [-0.39, 0.29) is 17.1 Å². The van der Waals surface area contributed by atoms with Crippen LogP contribution in [0.3, 0.4) is 0 Å². The molecular formula is C20H17F3N8OS. The number of aryl methyl sites for hydroxylation is 2. The molecule has 2 aromatic carbocycles. The molecule has 0 saturated carbocycles. The summed E-state index contributed by atoms with van der Waals surface area (Å²) in [6.07, 6.45) is -2.00. The van der Waals surface area contributed by atoms with Gasteiger partial charge in [0.25, 0.3) is 0 Å². The molecule has 4 aromatic rings. The number of halogens is 3. The Bertz CT molecular complexity index is 1290. The minimum Gasteiger partial charge on any atom is -0.323 e. The van der Waals surface area contributed by atoms with Crippen molar-refractivity contribution in [1.29, 1.82) is 0 Å². The molecule has 0 saturated heterocycles. The largest absolute Gasteiger partial charge is 0.416 e. The van der Waals surface area contributed by atoms with E-state index in [2.05, 4.69) is 30.9 Å². The van der Waals surface area contributed by atoms with Crippen LogP contribution >= 0.6 is 11.8 Å². The van der Waals surface area contributed by atoms with Crippen molar-refractivity contribution in [2.24, 2.45) is 0 Å². The van der Waals surface area contributed by atoms with E-state index in [0.717, 1.165) is 40.7 Å². The molecule has 0 aliphatic carbocycles. The lowest BCUT2D eigenvalue weighted by Gasteiger charge is -2.14. The summed E-state index contributed by atoms with van der Waals surface area (Å²) in [6.45, 7) is 3.85. The second-order valence-corrected chi connectivity index (χ2v) is 8.01. The fraction of sp³-hybridized carbons (Fsp3) is 0.200. The van der Waals surface area contributed by atoms with Crippen molar-refractivity contribution in [3.8, 4) is 11.4 Å². The number of carbonyl (C=O) groups is 1. The zero-order chi connectivity index (χ0) is 23.6. The van der Waals surface area contributed by atoms with Gasteiger partial charge in [-0.05, 0) is 59.7 Å². The first-order valence-corrected chi connectivity index (χ1v) is 10.6. The average molecular weight is 474 g/mol. The Morgan fingerprint density at radius 2 is 1.94 bits per heavy atom. The van der Waals surface area contributed by atoms with Gasteiger partial charge < -0.3 is 5.32 Å². The van der Waals surface area contributed by atoms with E-state index >= 15 is 0 Å². The van der Waals surface area contributed by atoms with Gasteiger partial charge in [0.15, 0.2) is 0 Å². The molecule has 2 aromatic heterocycles. The predicted octanol–water partition coefficient (Wildman–Crippen LogP) is 3.61. The number of hydrogen-bond donors (Lipinski definition) is 1. The highest BCUT2D eigenvalue weighted by atomic mass is 32.2. The fourth-order valence-corrected chi connectivity index (χ4v) is 3.71. The molecule has 170 valence electrons. The van der Waals surface area contributed by atoms with Gasteiger partial charge in [-0.25, -0.2) is 9.67 Å². The van der Waals surface area contributed by atoms with Gasteiger partial charge in [-0.15, -0.1) is 5.10 Å². The van der Waals surface area contributed by atoms with Crippen LogP contribution in [0, 0.1) is 13.8 Å². The number of benzene rings is 2. The molecule has 0 bridgehead atoms. The van der Waals surface area contributed by atoms with E-state index in [1.54, 1.807) is 0 Å². The van der Waals surface area contributed by atoms with Crippen LogP contribution in [0.1, 0.15) is 16.7 Å². The number of carbonyl (C=O) groups excluding carboxylic acids is 1. The molecule has 0 unspecified atom stereocenters. The molecule has 0 aliphatic rings. The number of thioether (sulfide) groups is 1. The number of alkyl halides is 3. The predicted molar refractivity (Wildman–Crippen MR) is 114 cm³/mol. The standard InChI is InChI=1S/C20H17F3N8OS/c1-12-3-4-13(2)17(7-12)31-19(27-28-29-31)33-9-18(32)26-15-8-14(20(21,22)23)5-6-16(15)30-11-24-10-25-30/h3-8,10-11H,9H2,1-2H3,(H,26,32). The first-order chi connectivity index (χ1) is 15.7. The maximum absolute atomic E-state index is 13.2. The summed E-state index contributed by atoms with van der Waals surface area (Å²) in [5, 5.41) is 18.5. The number of nitrogens with one attached hydrogen (secondary N) is 1. The van der Waals surface area contributed by atoms with Gasteiger partial charge in [0.2, 0.25) is 11.1 Å². The normalized spacial score (nSPS) is 11.5. The first-order valence-electron chi connectivity index (χ1n) is 9.57. The summed E-state index contributed by atoms with van der Waals surface area (Å²) in [5.41, 5.74) is 2.04. The zero-order valence-corrected chi connectivity index (χ0v) is 18.2. The minimum atomic E-state index is -4.57. The van der Waals surface area contributed by atoms with E-state index in [0.29, 0.717) is 5.16 Å². The number of tetrazole rings is 1. The third-order valence-electron chi connectivity index (χ3n) is 4.63. The molecule has 0 radical (unpaired) electrons. The van der Waals surface area contributed by atoms with E-state index in [1.165, 1.54) is 28.1 Å². The number of rotatable bonds is 6. The Labute approximate surface area is 190 Å². The van der Waals surface area contributed by atoms with E-state index < -0.39 is 17.6 Å². The van der Waals surface area contributed by atoms with Gasteiger partial charge in [-0.3, -0.25) is 4.79 Å². The molecular weight excluding hydrogens is 457 g/mol. The molecule has 4 rings (SSSR count). The Kier molecular flexibility index (Phi) is 6.14. The molecule has 0 fully saturated rings. The summed E-state index contributed by atoms with van der Waals surface area (Å²) in [7, 11) is 0. The smallest absolute Gasteiger partial charge is 0.323 e. The third-order valence-corrected chi connectivity index (χ3v) is 5.55. The Morgan fingerprint density at radius 1 is 1.12 bits per heavy atom. The first kappa shape index (κ1) is 22.5. The molecule has 33 heavy (non-hydrogen) atoms. The van der Waals surface area contributed by atoms with Crippen LogP contribution in [0.2, 0.25) is 0 Å². The lowest BCUT2D eigenvalue weighted by atomic mass is 10.1. The summed E-state index contributed by atoms with van der Waals surface area (Å²) < 4.78 is 42.4. The fourth-order valence-electron chi connectivity index (χ4n) is 3.03. The molecule has 9 nitrogen and oxygen atoms in total. The molecule has 13 heteroatoms. The van der Waals surface area contributed by atoms with Gasteiger partial charge >= 0.3 is 6.18 Å². The second-order valence-electron chi connectivity index (χ2n) is 7.07. The van der Waals surface area contributed by atoms with Crippen molar-refractivity contribution in [2.45, 2.75) is 25.2 Å². The van der Waals surface area contributed by atoms with Gasteiger partial charge in [0.1, 0.15) is 12.7 Å². The summed E-state index contributed by atoms with van der Waals surface area (Å²) in [6, 6.07) is 8.82. The molecule has 1 N–H and O–H groups in total. The van der Waals surface area contributed by atoms with Gasteiger partial charge in [0, 0.05) is 0 Å². The highest BCUT2D eigenvalue weighted by Crippen LogP contribution is 2.33. The number of nitrogens with zero attached hydrogens (tertiary/aromatic N) is 7. The topological polar surface area (TPSA) is 103 Å². The number of amides is 1. The molecule has 0 aliphatic heterocycles. The number of hydrogen-bond acceptors (Lipinski definition) is 7. The number of aromatic nitrogens is 7. The van der Waals surface area contributed by atoms with Crippen molar-refractivity contribution >= 4 is 23.4 Å². The SMILES string of the molecule is Cc1ccc(C)c(-n2nnnc2SCC(=O)Nc2cc(C(F)(F)F)ccc2-n2cncn2)c1. The quantitative estimate of drug-likeness (QED) is 0.426. The van der Waals surface area contributed by atoms with Crippen LogP contribution in [0.5, 0.6) is 0 Å². The summed E-state index contributed by atoms with van der Waals surface area (Å²) in [4.78, 5) is 16.4. The Hall–Kier alpha value is -3.74. The van der Waals surface area contributed by atoms with Gasteiger partial charge in [0.05, 0.1) is 28.4 Å². The summed E-state index contributed by atoms with van der Waals surface area (Å²) in [5.74, 6) is -0.658. The minimum absolute atomic E-state index is 0.0463. The average Bonchev–Trinajstić information content (AvgIpc) is 3.45. The third kappa shape index (κ3) is 5.03. The summed E-state index contributed by atoms with van der Waals surface area (Å²) >= 11 is 1.06. The van der Waals surface area contributed by atoms with Crippen LogP contribution in [0.15, 0.2) is 54.2 Å². The van der Waals surface area contributed by atoms with E-state index in [9.17, 15) is 18.0 Å². The Balaban J connectivity index is 1.54. The lowest BCUT2D eigenvalue weighted by molar-refractivity contribution is -0.137. The van der Waals surface area contributed by atoms with Crippen LogP contribution < -0.4 is 5.32 Å². The van der Waals surface area contributed by atoms with Gasteiger partial charge in [-0.1, -0.05) is 23.9 Å². The highest BCUT2D eigenvalue weighted by Gasteiger charge is 2.31. The highest BCUT2D eigenvalue weighted by molar-refractivity contribution is 7.99. The molecule has 2 heterocycles. The zero-order valence-electron chi connectivity index (χ0n) is 17.4. The molecule has 0 atom stereocenters. The van der Waals surface area contributed by atoms with Crippen molar-refractivity contribution < 1.29 is 18.0 Å². The van der Waals surface area contributed by atoms with Crippen LogP contribution in [0.4, 0.5) is 18.9 Å². The number of anilines is 1.